The summed E-state index contributed by atoms with van der Waals surface area (Å²) in [4.78, 5) is 16.3. The molecule has 0 radical (unpaired) electrons. The third-order valence-corrected chi connectivity index (χ3v) is 5.02. The van der Waals surface area contributed by atoms with Gasteiger partial charge in [-0.1, -0.05) is 0 Å². The molecule has 4 aromatic rings. The Kier molecular flexibility index (Phi) is 6.67. The van der Waals surface area contributed by atoms with Gasteiger partial charge in [-0.05, 0) is 36.4 Å². The van der Waals surface area contributed by atoms with Crippen LogP contribution in [0.15, 0.2) is 48.8 Å². The number of methoxy groups -OCH3 is 2. The average Bonchev–Trinajstić information content (AvgIpc) is 2.83. The minimum absolute atomic E-state index is 0.0472. The molecule has 0 aliphatic carbocycles. The summed E-state index contributed by atoms with van der Waals surface area (Å²) in [6.07, 6.45) is -7.42. The monoisotopic (exact) mass is 509 g/mol. The number of nitrogens with one attached hydrogen (secondary N) is 1. The molecule has 1 N–H and O–H groups in total. The molecule has 0 atom stereocenters. The second-order valence-electron chi connectivity index (χ2n) is 7.49. The van der Waals surface area contributed by atoms with Gasteiger partial charge in [-0.3, -0.25) is 4.98 Å². The van der Waals surface area contributed by atoms with Gasteiger partial charge in [-0.25, -0.2) is 15.0 Å². The molecule has 4 aromatic heterocycles. The van der Waals surface area contributed by atoms with Crippen LogP contribution in [-0.2, 0) is 23.7 Å². The van der Waals surface area contributed by atoms with Crippen molar-refractivity contribution in [1.82, 2.24) is 19.9 Å². The largest absolute Gasteiger partial charge is 0.495 e. The highest BCUT2D eigenvalue weighted by Gasteiger charge is 2.36. The van der Waals surface area contributed by atoms with Gasteiger partial charge in [0.2, 0.25) is 0 Å². The van der Waals surface area contributed by atoms with Crippen LogP contribution in [0.1, 0.15) is 16.8 Å². The lowest BCUT2D eigenvalue weighted by Crippen LogP contribution is -2.10. The van der Waals surface area contributed by atoms with Crippen molar-refractivity contribution in [2.75, 3.05) is 19.5 Å². The van der Waals surface area contributed by atoms with E-state index in [4.69, 9.17) is 9.47 Å². The Balaban J connectivity index is 1.80. The van der Waals surface area contributed by atoms with Crippen LogP contribution in [-0.4, -0.2) is 34.2 Å². The molecule has 4 rings (SSSR count). The predicted octanol–water partition coefficient (Wildman–Crippen LogP) is 6.02. The van der Waals surface area contributed by atoms with E-state index >= 15 is 0 Å². The van der Waals surface area contributed by atoms with E-state index in [1.807, 2.05) is 0 Å². The fourth-order valence-corrected chi connectivity index (χ4v) is 3.36. The van der Waals surface area contributed by atoms with E-state index in [0.29, 0.717) is 23.0 Å². The Morgan fingerprint density at radius 1 is 0.861 bits per heavy atom. The first-order valence-electron chi connectivity index (χ1n) is 10.2. The summed E-state index contributed by atoms with van der Waals surface area (Å²) in [5.41, 5.74) is -1.62. The second-order valence-corrected chi connectivity index (χ2v) is 7.49. The lowest BCUT2D eigenvalue weighted by molar-refractivity contribution is -0.138. The Labute approximate surface area is 200 Å². The fourth-order valence-electron chi connectivity index (χ4n) is 3.36. The minimum Gasteiger partial charge on any atom is -0.495 e. The number of halogens is 6. The van der Waals surface area contributed by atoms with Gasteiger partial charge in [-0.15, -0.1) is 0 Å². The molecule has 0 saturated heterocycles. The zero-order valence-corrected chi connectivity index (χ0v) is 18.7. The predicted molar refractivity (Wildman–Crippen MR) is 118 cm³/mol. The first-order valence-corrected chi connectivity index (χ1v) is 10.2. The number of pyridine rings is 4. The second kappa shape index (κ2) is 9.57. The maximum atomic E-state index is 13.7. The molecule has 36 heavy (non-hydrogen) atoms. The molecule has 0 fully saturated rings. The van der Waals surface area contributed by atoms with E-state index in [-0.39, 0.29) is 29.5 Å². The summed E-state index contributed by atoms with van der Waals surface area (Å²) < 4.78 is 89.6. The number of hydrogen-bond acceptors (Lipinski definition) is 7. The summed E-state index contributed by atoms with van der Waals surface area (Å²) in [6, 6.07) is 7.27. The molecule has 0 aromatic carbocycles. The van der Waals surface area contributed by atoms with Crippen molar-refractivity contribution < 1.29 is 35.8 Å². The first kappa shape index (κ1) is 25.1. The van der Waals surface area contributed by atoms with Gasteiger partial charge in [-0.2, -0.15) is 26.3 Å². The molecule has 0 aliphatic rings. The third kappa shape index (κ3) is 5.30. The van der Waals surface area contributed by atoms with Gasteiger partial charge in [0.25, 0.3) is 0 Å². The van der Waals surface area contributed by atoms with Crippen LogP contribution in [0.25, 0.3) is 22.4 Å². The quantitative estimate of drug-likeness (QED) is 0.318. The van der Waals surface area contributed by atoms with Crippen LogP contribution in [0.3, 0.4) is 0 Å². The standard InChI is InChI=1S/C23H17F6N5O2/c1-35-11-13-7-18(33-19-6-3-12(9-30-19)22(24,25)26)15-4-5-17(34-21(15)32-13)20-16(23(27,28)29)8-14(36-2)10-31-20/h3-10H,11H2,1-2H3,(H,30,32,33,34). The van der Waals surface area contributed by atoms with E-state index in [2.05, 4.69) is 25.3 Å². The number of rotatable bonds is 6. The van der Waals surface area contributed by atoms with E-state index in [1.54, 1.807) is 6.07 Å². The highest BCUT2D eigenvalue weighted by molar-refractivity contribution is 5.92. The van der Waals surface area contributed by atoms with Gasteiger partial charge < -0.3 is 14.8 Å². The average molecular weight is 509 g/mol. The lowest BCUT2D eigenvalue weighted by Gasteiger charge is -2.15. The topological polar surface area (TPSA) is 82.0 Å². The van der Waals surface area contributed by atoms with Gasteiger partial charge in [0.05, 0.1) is 48.1 Å². The number of alkyl halides is 6. The molecular formula is C23H17F6N5O2. The molecular weight excluding hydrogens is 492 g/mol. The van der Waals surface area contributed by atoms with Gasteiger partial charge in [0.15, 0.2) is 5.65 Å². The zero-order chi connectivity index (χ0) is 26.1. The zero-order valence-electron chi connectivity index (χ0n) is 18.7. The van der Waals surface area contributed by atoms with Gasteiger partial charge in [0.1, 0.15) is 17.3 Å². The summed E-state index contributed by atoms with van der Waals surface area (Å²) in [7, 11) is 2.66. The van der Waals surface area contributed by atoms with E-state index in [9.17, 15) is 26.3 Å². The smallest absolute Gasteiger partial charge is 0.418 e. The normalized spacial score (nSPS) is 12.1. The Bertz CT molecular complexity index is 1390. The molecule has 0 aliphatic heterocycles. The number of ether oxygens (including phenoxy) is 2. The van der Waals surface area contributed by atoms with Crippen LogP contribution < -0.4 is 10.1 Å². The van der Waals surface area contributed by atoms with Crippen LogP contribution in [0.2, 0.25) is 0 Å². The number of fused-ring (bicyclic) bond motifs is 1. The minimum atomic E-state index is -4.72. The fraction of sp³-hybridized carbons (Fsp3) is 0.217. The highest BCUT2D eigenvalue weighted by atomic mass is 19.4. The van der Waals surface area contributed by atoms with Crippen molar-refractivity contribution in [3.05, 3.63) is 65.6 Å². The molecule has 13 heteroatoms. The number of aromatic nitrogens is 4. The van der Waals surface area contributed by atoms with Crippen LogP contribution in [0, 0.1) is 0 Å². The highest BCUT2D eigenvalue weighted by Crippen LogP contribution is 2.38. The summed E-state index contributed by atoms with van der Waals surface area (Å²) >= 11 is 0. The van der Waals surface area contributed by atoms with E-state index in [0.717, 1.165) is 24.4 Å². The van der Waals surface area contributed by atoms with Crippen molar-refractivity contribution in [1.29, 1.82) is 0 Å². The molecule has 188 valence electrons. The summed E-state index contributed by atoms with van der Waals surface area (Å²) in [5, 5.41) is 3.30. The number of nitrogens with zero attached hydrogens (tertiary/aromatic N) is 4. The Morgan fingerprint density at radius 3 is 2.25 bits per heavy atom. The van der Waals surface area contributed by atoms with Crippen molar-refractivity contribution in [2.24, 2.45) is 0 Å². The number of anilines is 2. The molecule has 7 nitrogen and oxygen atoms in total. The maximum Gasteiger partial charge on any atom is 0.418 e. The molecule has 0 saturated carbocycles. The van der Waals surface area contributed by atoms with Crippen LogP contribution in [0.4, 0.5) is 37.8 Å². The maximum absolute atomic E-state index is 13.7. The van der Waals surface area contributed by atoms with E-state index < -0.39 is 29.2 Å². The molecule has 4 heterocycles. The van der Waals surface area contributed by atoms with Crippen molar-refractivity contribution in [3.63, 3.8) is 0 Å². The van der Waals surface area contributed by atoms with Crippen molar-refractivity contribution in [2.45, 2.75) is 19.0 Å². The lowest BCUT2D eigenvalue weighted by atomic mass is 10.1. The Morgan fingerprint density at radius 2 is 1.64 bits per heavy atom. The summed E-state index contributed by atoms with van der Waals surface area (Å²) in [6.45, 7) is 0.0472. The first-order chi connectivity index (χ1) is 17.0. The molecule has 0 unspecified atom stereocenters. The van der Waals surface area contributed by atoms with E-state index in [1.165, 1.54) is 26.4 Å². The third-order valence-electron chi connectivity index (χ3n) is 5.02. The summed E-state index contributed by atoms with van der Waals surface area (Å²) in [5.74, 6) is 0.0435. The Hall–Kier alpha value is -4.00. The number of hydrogen-bond donors (Lipinski definition) is 1. The molecule has 0 bridgehead atoms. The van der Waals surface area contributed by atoms with Crippen molar-refractivity contribution in [3.8, 4) is 17.1 Å². The van der Waals surface area contributed by atoms with Crippen LogP contribution in [0.5, 0.6) is 5.75 Å². The van der Waals surface area contributed by atoms with Gasteiger partial charge in [0, 0.05) is 18.7 Å². The van der Waals surface area contributed by atoms with Crippen LogP contribution >= 0.6 is 0 Å². The molecule has 0 spiro atoms. The molecule has 0 amide bonds. The van der Waals surface area contributed by atoms with Crippen molar-refractivity contribution >= 4 is 22.5 Å². The SMILES string of the molecule is COCc1cc(Nc2ccc(C(F)(F)F)cn2)c2ccc(-c3ncc(OC)cc3C(F)(F)F)nc2n1. The van der Waals surface area contributed by atoms with Gasteiger partial charge >= 0.3 is 12.4 Å².